The molecular formula is C24H25ClN4O3. The largest absolute Gasteiger partial charge is 0.423 e. The monoisotopic (exact) mass is 452 g/mol. The van der Waals surface area contributed by atoms with Crippen LogP contribution in [0.25, 0.3) is 0 Å². The Kier molecular flexibility index (Phi) is 7.43. The van der Waals surface area contributed by atoms with E-state index in [2.05, 4.69) is 15.3 Å². The van der Waals surface area contributed by atoms with Crippen molar-refractivity contribution in [3.05, 3.63) is 76.1 Å². The summed E-state index contributed by atoms with van der Waals surface area (Å²) in [6.07, 6.45) is 2.77. The van der Waals surface area contributed by atoms with E-state index in [0.717, 1.165) is 16.8 Å². The molecule has 0 bridgehead atoms. The molecule has 0 fully saturated rings. The molecule has 0 radical (unpaired) electrons. The Hall–Kier alpha value is -3.45. The summed E-state index contributed by atoms with van der Waals surface area (Å²) < 4.78 is 5.64. The van der Waals surface area contributed by atoms with E-state index in [0.29, 0.717) is 30.0 Å². The summed E-state index contributed by atoms with van der Waals surface area (Å²) in [4.78, 5) is 34.9. The van der Waals surface area contributed by atoms with Crippen LogP contribution >= 0.6 is 11.6 Å². The maximum Gasteiger partial charge on any atom is 0.321 e. The van der Waals surface area contributed by atoms with Gasteiger partial charge in [-0.25, -0.2) is 9.97 Å². The van der Waals surface area contributed by atoms with Crippen LogP contribution in [0.5, 0.6) is 11.8 Å². The molecule has 8 heteroatoms. The molecule has 32 heavy (non-hydrogen) atoms. The van der Waals surface area contributed by atoms with Crippen molar-refractivity contribution < 1.29 is 14.3 Å². The normalized spacial score (nSPS) is 10.5. The number of halogens is 1. The van der Waals surface area contributed by atoms with E-state index in [4.69, 9.17) is 16.3 Å². The number of anilines is 1. The van der Waals surface area contributed by atoms with Gasteiger partial charge >= 0.3 is 6.01 Å². The first-order chi connectivity index (χ1) is 15.3. The molecule has 2 amide bonds. The van der Waals surface area contributed by atoms with E-state index in [1.807, 2.05) is 45.9 Å². The molecule has 0 saturated heterocycles. The van der Waals surface area contributed by atoms with Gasteiger partial charge in [-0.15, -0.1) is 0 Å². The number of rotatable bonds is 7. The summed E-state index contributed by atoms with van der Waals surface area (Å²) in [7, 11) is 0. The third-order valence-corrected chi connectivity index (χ3v) is 5.34. The third-order valence-electron chi connectivity index (χ3n) is 5.04. The number of benzene rings is 2. The summed E-state index contributed by atoms with van der Waals surface area (Å²) in [6, 6.07) is 10.6. The van der Waals surface area contributed by atoms with Crippen molar-refractivity contribution in [3.8, 4) is 11.8 Å². The minimum absolute atomic E-state index is 0.0401. The van der Waals surface area contributed by atoms with Crippen molar-refractivity contribution in [2.75, 3.05) is 18.4 Å². The zero-order valence-electron chi connectivity index (χ0n) is 18.5. The predicted molar refractivity (Wildman–Crippen MR) is 125 cm³/mol. The number of hydrogen-bond donors (Lipinski definition) is 1. The van der Waals surface area contributed by atoms with Crippen LogP contribution in [0.4, 0.5) is 5.69 Å². The highest BCUT2D eigenvalue weighted by molar-refractivity contribution is 6.32. The van der Waals surface area contributed by atoms with Gasteiger partial charge in [0, 0.05) is 36.7 Å². The van der Waals surface area contributed by atoms with Gasteiger partial charge in [-0.05, 0) is 57.0 Å². The Balaban J connectivity index is 1.70. The fraction of sp³-hybridized carbons (Fsp3) is 0.250. The van der Waals surface area contributed by atoms with Crippen LogP contribution in [0, 0.1) is 13.8 Å². The number of amides is 2. The van der Waals surface area contributed by atoms with Gasteiger partial charge in [0.05, 0.1) is 10.6 Å². The molecule has 0 aliphatic heterocycles. The molecule has 1 N–H and O–H groups in total. The number of carbonyl (C=O) groups excluding carboxylic acids is 2. The molecule has 3 rings (SSSR count). The van der Waals surface area contributed by atoms with Crippen LogP contribution in [0.3, 0.4) is 0 Å². The van der Waals surface area contributed by atoms with Crippen LogP contribution in [0.2, 0.25) is 5.02 Å². The average Bonchev–Trinajstić information content (AvgIpc) is 2.79. The maximum absolute atomic E-state index is 12.6. The smallest absolute Gasteiger partial charge is 0.321 e. The topological polar surface area (TPSA) is 84.4 Å². The van der Waals surface area contributed by atoms with Gasteiger partial charge in [0.15, 0.2) is 0 Å². The third kappa shape index (κ3) is 5.23. The first-order valence-corrected chi connectivity index (χ1v) is 10.7. The summed E-state index contributed by atoms with van der Waals surface area (Å²) in [5.41, 5.74) is 3.48. The Bertz CT molecular complexity index is 1110. The number of nitrogens with zero attached hydrogens (tertiary/aromatic N) is 3. The van der Waals surface area contributed by atoms with Gasteiger partial charge in [0.2, 0.25) is 0 Å². The van der Waals surface area contributed by atoms with Crippen molar-refractivity contribution in [2.45, 2.75) is 27.7 Å². The number of hydrogen-bond acceptors (Lipinski definition) is 5. The Morgan fingerprint density at radius 1 is 1.00 bits per heavy atom. The van der Waals surface area contributed by atoms with Gasteiger partial charge in [0.25, 0.3) is 11.8 Å². The Labute approximate surface area is 192 Å². The number of aromatic nitrogens is 2. The molecule has 0 aliphatic carbocycles. The van der Waals surface area contributed by atoms with E-state index >= 15 is 0 Å². The van der Waals surface area contributed by atoms with Crippen LogP contribution in [-0.4, -0.2) is 39.8 Å². The van der Waals surface area contributed by atoms with Gasteiger partial charge in [-0.2, -0.15) is 0 Å². The van der Waals surface area contributed by atoms with Crippen molar-refractivity contribution in [1.29, 1.82) is 0 Å². The zero-order valence-corrected chi connectivity index (χ0v) is 19.2. The number of nitrogens with one attached hydrogen (secondary N) is 1. The lowest BCUT2D eigenvalue weighted by atomic mass is 10.1. The SMILES string of the molecule is CCN(CC)C(=O)c1ccc(Oc2ncc(C(=O)Nc3c(C)cccc3C)cn2)c(Cl)c1. The molecule has 0 unspecified atom stereocenters. The first-order valence-electron chi connectivity index (χ1n) is 10.3. The highest BCUT2D eigenvalue weighted by Crippen LogP contribution is 2.29. The standard InChI is InChI=1S/C24H25ClN4O3/c1-5-29(6-2)23(31)17-10-11-20(19(25)12-17)32-24-26-13-18(14-27-24)22(30)28-21-15(3)8-7-9-16(21)4/h7-14H,5-6H2,1-4H3,(H,28,30). The van der Waals surface area contributed by atoms with Gasteiger partial charge in [-0.3, -0.25) is 9.59 Å². The minimum Gasteiger partial charge on any atom is -0.423 e. The lowest BCUT2D eigenvalue weighted by Crippen LogP contribution is -2.30. The Morgan fingerprint density at radius 2 is 1.62 bits per heavy atom. The van der Waals surface area contributed by atoms with Gasteiger partial charge in [0.1, 0.15) is 5.75 Å². The summed E-state index contributed by atoms with van der Waals surface area (Å²) in [5, 5.41) is 3.16. The molecule has 1 aromatic heterocycles. The van der Waals surface area contributed by atoms with Crippen molar-refractivity contribution in [2.24, 2.45) is 0 Å². The summed E-state index contributed by atoms with van der Waals surface area (Å²) in [6.45, 7) is 8.93. The minimum atomic E-state index is -0.314. The predicted octanol–water partition coefficient (Wildman–Crippen LogP) is 5.27. The number of aryl methyl sites for hydroxylation is 2. The van der Waals surface area contributed by atoms with Crippen molar-refractivity contribution >= 4 is 29.1 Å². The van der Waals surface area contributed by atoms with Gasteiger partial charge < -0.3 is 15.0 Å². The molecule has 1 heterocycles. The fourth-order valence-electron chi connectivity index (χ4n) is 3.19. The van der Waals surface area contributed by atoms with E-state index in [1.165, 1.54) is 12.4 Å². The molecule has 7 nitrogen and oxygen atoms in total. The second-order valence-corrected chi connectivity index (χ2v) is 7.61. The van der Waals surface area contributed by atoms with Gasteiger partial charge in [-0.1, -0.05) is 29.8 Å². The number of ether oxygens (including phenoxy) is 1. The van der Waals surface area contributed by atoms with Crippen LogP contribution in [0.15, 0.2) is 48.8 Å². The van der Waals surface area contributed by atoms with Crippen molar-refractivity contribution in [1.82, 2.24) is 14.9 Å². The fourth-order valence-corrected chi connectivity index (χ4v) is 3.41. The second kappa shape index (κ2) is 10.2. The van der Waals surface area contributed by atoms with Crippen LogP contribution < -0.4 is 10.1 Å². The highest BCUT2D eigenvalue weighted by Gasteiger charge is 2.16. The molecule has 0 aliphatic rings. The number of carbonyl (C=O) groups is 2. The summed E-state index contributed by atoms with van der Waals surface area (Å²) in [5.74, 6) is -0.0966. The number of para-hydroxylation sites is 1. The molecule has 0 spiro atoms. The Morgan fingerprint density at radius 3 is 2.19 bits per heavy atom. The van der Waals surface area contributed by atoms with E-state index in [1.54, 1.807) is 23.1 Å². The van der Waals surface area contributed by atoms with E-state index < -0.39 is 0 Å². The quantitative estimate of drug-likeness (QED) is 0.527. The first kappa shape index (κ1) is 23.2. The average molecular weight is 453 g/mol. The molecule has 0 saturated carbocycles. The summed E-state index contributed by atoms with van der Waals surface area (Å²) >= 11 is 6.30. The lowest BCUT2D eigenvalue weighted by molar-refractivity contribution is 0.0772. The molecule has 166 valence electrons. The maximum atomic E-state index is 12.6. The molecular weight excluding hydrogens is 428 g/mol. The molecule has 2 aromatic carbocycles. The molecule has 3 aromatic rings. The highest BCUT2D eigenvalue weighted by atomic mass is 35.5. The molecule has 0 atom stereocenters. The van der Waals surface area contributed by atoms with E-state index in [9.17, 15) is 9.59 Å². The van der Waals surface area contributed by atoms with Crippen LogP contribution in [0.1, 0.15) is 45.7 Å². The lowest BCUT2D eigenvalue weighted by Gasteiger charge is -2.19. The van der Waals surface area contributed by atoms with Crippen molar-refractivity contribution in [3.63, 3.8) is 0 Å². The van der Waals surface area contributed by atoms with Crippen LogP contribution in [-0.2, 0) is 0 Å². The van der Waals surface area contributed by atoms with E-state index in [-0.39, 0.29) is 22.8 Å². The zero-order chi connectivity index (χ0) is 23.3. The second-order valence-electron chi connectivity index (χ2n) is 7.20.